The fraction of sp³-hybridized carbons (Fsp3) is 0.0333. The lowest BCUT2D eigenvalue weighted by Crippen LogP contribution is -2.20. The number of furan rings is 1. The maximum Gasteiger partial charge on any atom is 0.282 e. The summed E-state index contributed by atoms with van der Waals surface area (Å²) in [6.45, 7) is 0.211. The Hall–Kier alpha value is -3.62. The number of ether oxygens (including phenoxy) is 1. The molecule has 6 nitrogen and oxygen atoms in total. The largest absolute Gasteiger partial charge is 0.488 e. The maximum absolute atomic E-state index is 13.6. The highest BCUT2D eigenvalue weighted by Gasteiger charge is 2.17. The van der Waals surface area contributed by atoms with Gasteiger partial charge in [-0.1, -0.05) is 68.9 Å². The Kier molecular flexibility index (Phi) is 7.38. The molecule has 0 aliphatic rings. The number of hydrogen-bond donors (Lipinski definition) is 0. The van der Waals surface area contributed by atoms with Gasteiger partial charge in [0.2, 0.25) is 5.82 Å². The molecule has 40 heavy (non-hydrogen) atoms. The van der Waals surface area contributed by atoms with Crippen molar-refractivity contribution in [3.8, 4) is 17.3 Å². The number of benzene rings is 4. The van der Waals surface area contributed by atoms with Gasteiger partial charge in [-0.3, -0.25) is 4.79 Å². The number of hydrogen-bond acceptors (Lipinski definition) is 5. The van der Waals surface area contributed by atoms with Gasteiger partial charge in [0.15, 0.2) is 5.76 Å². The Labute approximate surface area is 251 Å². The summed E-state index contributed by atoms with van der Waals surface area (Å²) in [4.78, 5) is 18.3. The second kappa shape index (κ2) is 11.1. The minimum Gasteiger partial charge on any atom is -0.488 e. The Morgan fingerprint density at radius 3 is 2.60 bits per heavy atom. The quantitative estimate of drug-likeness (QED) is 0.168. The lowest BCUT2D eigenvalue weighted by molar-refractivity contribution is 0.306. The molecule has 0 amide bonds. The number of fused-ring (bicyclic) bond motifs is 2. The van der Waals surface area contributed by atoms with Crippen molar-refractivity contribution < 1.29 is 9.15 Å². The van der Waals surface area contributed by atoms with Gasteiger partial charge in [0.25, 0.3) is 5.56 Å². The topological polar surface area (TPSA) is 69.6 Å². The summed E-state index contributed by atoms with van der Waals surface area (Å²) in [7, 11) is 0. The fourth-order valence-electron chi connectivity index (χ4n) is 4.18. The number of para-hydroxylation sites is 1. The maximum atomic E-state index is 13.6. The predicted octanol–water partition coefficient (Wildman–Crippen LogP) is 8.99. The van der Waals surface area contributed by atoms with E-state index in [4.69, 9.17) is 48.9 Å². The minimum atomic E-state index is -0.347. The molecule has 198 valence electrons. The summed E-state index contributed by atoms with van der Waals surface area (Å²) in [5, 5.41) is 7.39. The number of rotatable bonds is 6. The van der Waals surface area contributed by atoms with Crippen LogP contribution in [0.4, 0.5) is 0 Å². The molecule has 0 bridgehead atoms. The van der Waals surface area contributed by atoms with Crippen LogP contribution in [0, 0.1) is 0 Å². The van der Waals surface area contributed by atoms with Crippen LogP contribution in [0.1, 0.15) is 11.1 Å². The molecule has 0 fully saturated rings. The Morgan fingerprint density at radius 2 is 1.75 bits per heavy atom. The van der Waals surface area contributed by atoms with E-state index in [1.807, 2.05) is 24.3 Å². The van der Waals surface area contributed by atoms with Crippen LogP contribution >= 0.6 is 50.7 Å². The van der Waals surface area contributed by atoms with Crippen molar-refractivity contribution in [2.45, 2.75) is 6.61 Å². The first-order chi connectivity index (χ1) is 19.4. The van der Waals surface area contributed by atoms with Crippen LogP contribution in [0.25, 0.3) is 33.5 Å². The van der Waals surface area contributed by atoms with E-state index in [-0.39, 0.29) is 18.0 Å². The minimum absolute atomic E-state index is 0.211. The summed E-state index contributed by atoms with van der Waals surface area (Å²) in [6.07, 6.45) is 1.55. The molecule has 10 heteroatoms. The van der Waals surface area contributed by atoms with Crippen molar-refractivity contribution in [3.63, 3.8) is 0 Å². The lowest BCUT2D eigenvalue weighted by Gasteiger charge is -2.11. The van der Waals surface area contributed by atoms with E-state index in [2.05, 4.69) is 21.0 Å². The monoisotopic (exact) mass is 651 g/mol. The Morgan fingerprint density at radius 1 is 0.950 bits per heavy atom. The molecule has 0 spiro atoms. The van der Waals surface area contributed by atoms with Crippen molar-refractivity contribution in [2.24, 2.45) is 5.10 Å². The van der Waals surface area contributed by atoms with Crippen molar-refractivity contribution in [1.82, 2.24) is 9.66 Å². The first-order valence-electron chi connectivity index (χ1n) is 12.0. The van der Waals surface area contributed by atoms with Crippen molar-refractivity contribution in [2.75, 3.05) is 0 Å². The fourth-order valence-corrected chi connectivity index (χ4v) is 5.20. The van der Waals surface area contributed by atoms with E-state index in [9.17, 15) is 4.79 Å². The highest BCUT2D eigenvalue weighted by molar-refractivity contribution is 9.10. The van der Waals surface area contributed by atoms with E-state index in [0.717, 1.165) is 15.4 Å². The van der Waals surface area contributed by atoms with Gasteiger partial charge in [0.05, 0.1) is 17.1 Å². The van der Waals surface area contributed by atoms with Crippen LogP contribution in [0.2, 0.25) is 15.1 Å². The molecular formula is C30H17BrCl3N3O3. The zero-order chi connectivity index (χ0) is 27.8. The molecule has 0 unspecified atom stereocenters. The molecule has 0 radical (unpaired) electrons. The third-order valence-electron chi connectivity index (χ3n) is 6.13. The first-order valence-corrected chi connectivity index (χ1v) is 13.9. The van der Waals surface area contributed by atoms with Gasteiger partial charge in [-0.25, -0.2) is 4.98 Å². The van der Waals surface area contributed by atoms with Gasteiger partial charge < -0.3 is 9.15 Å². The molecule has 6 rings (SSSR count). The van der Waals surface area contributed by atoms with Crippen molar-refractivity contribution in [3.05, 3.63) is 126 Å². The van der Waals surface area contributed by atoms with Gasteiger partial charge in [-0.2, -0.15) is 9.78 Å². The highest BCUT2D eigenvalue weighted by atomic mass is 79.9. The summed E-state index contributed by atoms with van der Waals surface area (Å²) in [5.41, 5.74) is 2.20. The molecule has 0 N–H and O–H groups in total. The number of halogens is 4. The van der Waals surface area contributed by atoms with E-state index in [1.54, 1.807) is 66.9 Å². The summed E-state index contributed by atoms with van der Waals surface area (Å²) in [6, 6.07) is 24.9. The third-order valence-corrected chi connectivity index (χ3v) is 7.45. The van der Waals surface area contributed by atoms with Gasteiger partial charge in [0, 0.05) is 36.1 Å². The molecule has 0 atom stereocenters. The third kappa shape index (κ3) is 5.38. The van der Waals surface area contributed by atoms with Crippen LogP contribution < -0.4 is 10.3 Å². The number of aromatic nitrogens is 2. The van der Waals surface area contributed by atoms with Crippen molar-refractivity contribution in [1.29, 1.82) is 0 Å². The van der Waals surface area contributed by atoms with Crippen molar-refractivity contribution >= 4 is 78.8 Å². The van der Waals surface area contributed by atoms with E-state index in [0.29, 0.717) is 48.6 Å². The van der Waals surface area contributed by atoms with Crippen LogP contribution in [0.3, 0.4) is 0 Å². The summed E-state index contributed by atoms with van der Waals surface area (Å²) < 4.78 is 14.2. The van der Waals surface area contributed by atoms with E-state index < -0.39 is 0 Å². The normalized spacial score (nSPS) is 11.6. The molecular weight excluding hydrogens is 637 g/mol. The zero-order valence-corrected chi connectivity index (χ0v) is 24.3. The molecule has 2 aromatic heterocycles. The standard InChI is InChI=1S/C30H17BrCl3N3O3/c31-20-6-9-26(39-16-17-5-7-22(33)14-24(17)34)19(11-20)15-35-37-29(36-25-4-2-1-3-23(25)30(37)38)28-13-18-12-21(32)8-10-27(18)40-28/h1-15H,16H2. The molecule has 4 aromatic carbocycles. The summed E-state index contributed by atoms with van der Waals surface area (Å²) in [5.74, 6) is 1.16. The molecule has 0 saturated heterocycles. The van der Waals surface area contributed by atoms with Gasteiger partial charge in [-0.05, 0) is 66.7 Å². The highest BCUT2D eigenvalue weighted by Crippen LogP contribution is 2.30. The van der Waals surface area contributed by atoms with Crippen LogP contribution in [-0.4, -0.2) is 15.9 Å². The van der Waals surface area contributed by atoms with Crippen LogP contribution in [-0.2, 0) is 6.61 Å². The van der Waals surface area contributed by atoms with Crippen LogP contribution in [0.15, 0.2) is 104 Å². The molecule has 0 saturated carbocycles. The first kappa shape index (κ1) is 26.6. The zero-order valence-electron chi connectivity index (χ0n) is 20.4. The molecule has 0 aliphatic carbocycles. The van der Waals surface area contributed by atoms with Gasteiger partial charge >= 0.3 is 0 Å². The molecule has 2 heterocycles. The van der Waals surface area contributed by atoms with Gasteiger partial charge in [-0.15, -0.1) is 0 Å². The average molecular weight is 654 g/mol. The average Bonchev–Trinajstić information content (AvgIpc) is 3.36. The smallest absolute Gasteiger partial charge is 0.282 e. The Balaban J connectivity index is 1.43. The second-order valence-corrected chi connectivity index (χ2v) is 11.0. The Bertz CT molecular complexity index is 2000. The molecule has 6 aromatic rings. The van der Waals surface area contributed by atoms with Gasteiger partial charge in [0.1, 0.15) is 17.9 Å². The summed E-state index contributed by atoms with van der Waals surface area (Å²) >= 11 is 22.0. The SMILES string of the molecule is O=c1c2ccccc2nc(-c2cc3cc(Cl)ccc3o2)n1N=Cc1cc(Br)ccc1OCc1ccc(Cl)cc1Cl. The number of nitrogens with zero attached hydrogens (tertiary/aromatic N) is 3. The van der Waals surface area contributed by atoms with Crippen LogP contribution in [0.5, 0.6) is 5.75 Å². The molecule has 0 aliphatic heterocycles. The van der Waals surface area contributed by atoms with E-state index >= 15 is 0 Å². The predicted molar refractivity (Wildman–Crippen MR) is 164 cm³/mol. The van der Waals surface area contributed by atoms with E-state index in [1.165, 1.54) is 4.68 Å². The second-order valence-electron chi connectivity index (χ2n) is 8.81. The lowest BCUT2D eigenvalue weighted by atomic mass is 10.2.